The molecule has 1 unspecified atom stereocenters. The smallest absolute Gasteiger partial charge is 0.307 e. The fourth-order valence-corrected chi connectivity index (χ4v) is 1.98. The number of aryl methyl sites for hydroxylation is 1. The molecule has 94 valence electrons. The van der Waals surface area contributed by atoms with Crippen LogP contribution in [-0.4, -0.2) is 29.6 Å². The number of halogens is 1. The number of rotatable bonds is 5. The molecule has 17 heavy (non-hydrogen) atoms. The van der Waals surface area contributed by atoms with E-state index in [-0.39, 0.29) is 5.92 Å². The van der Waals surface area contributed by atoms with E-state index in [0.717, 1.165) is 16.1 Å². The van der Waals surface area contributed by atoms with E-state index in [1.807, 2.05) is 37.1 Å². The highest BCUT2D eigenvalue weighted by Crippen LogP contribution is 2.19. The Kier molecular flexibility index (Phi) is 4.97. The van der Waals surface area contributed by atoms with Gasteiger partial charge >= 0.3 is 5.97 Å². The molecule has 0 heterocycles. The van der Waals surface area contributed by atoms with Crippen molar-refractivity contribution in [1.29, 1.82) is 0 Å². The van der Waals surface area contributed by atoms with Crippen molar-refractivity contribution in [3.05, 3.63) is 34.3 Å². The van der Waals surface area contributed by atoms with Gasteiger partial charge in [-0.15, -0.1) is 0 Å². The van der Waals surface area contributed by atoms with Gasteiger partial charge in [-0.2, -0.15) is 0 Å². The summed E-state index contributed by atoms with van der Waals surface area (Å²) in [6.45, 7) is 4.87. The van der Waals surface area contributed by atoms with Crippen LogP contribution in [0.3, 0.4) is 0 Å². The van der Waals surface area contributed by atoms with Crippen LogP contribution in [0.1, 0.15) is 18.1 Å². The summed E-state index contributed by atoms with van der Waals surface area (Å²) in [5.41, 5.74) is 2.15. The van der Waals surface area contributed by atoms with Gasteiger partial charge in [0.15, 0.2) is 0 Å². The van der Waals surface area contributed by atoms with Gasteiger partial charge in [-0.25, -0.2) is 0 Å². The molecule has 0 fully saturated rings. The number of hydrogen-bond acceptors (Lipinski definition) is 2. The summed E-state index contributed by atoms with van der Waals surface area (Å²) in [5.74, 6) is -1.14. The second kappa shape index (κ2) is 6.03. The van der Waals surface area contributed by atoms with Gasteiger partial charge in [-0.1, -0.05) is 30.7 Å². The molecule has 0 aliphatic carbocycles. The molecule has 0 amide bonds. The zero-order chi connectivity index (χ0) is 13.0. The van der Waals surface area contributed by atoms with Crippen molar-refractivity contribution in [2.75, 3.05) is 13.6 Å². The van der Waals surface area contributed by atoms with E-state index in [9.17, 15) is 4.79 Å². The standard InChI is InChI=1S/C13H18ClNO2/c1-9-4-5-11(12(14)6-9)8-15(3)7-10(2)13(16)17/h4-6,10H,7-8H2,1-3H3,(H,16,17). The predicted molar refractivity (Wildman–Crippen MR) is 69.3 cm³/mol. The van der Waals surface area contributed by atoms with Crippen LogP contribution in [0.2, 0.25) is 5.02 Å². The summed E-state index contributed by atoms with van der Waals surface area (Å²) in [5, 5.41) is 9.57. The second-order valence-electron chi connectivity index (χ2n) is 4.53. The van der Waals surface area contributed by atoms with Gasteiger partial charge in [-0.05, 0) is 31.2 Å². The van der Waals surface area contributed by atoms with Crippen molar-refractivity contribution in [3.63, 3.8) is 0 Å². The molecule has 0 bridgehead atoms. The highest BCUT2D eigenvalue weighted by Gasteiger charge is 2.14. The van der Waals surface area contributed by atoms with Crippen LogP contribution < -0.4 is 0 Å². The first kappa shape index (κ1) is 14.0. The molecule has 1 aromatic carbocycles. The average Bonchev–Trinajstić information content (AvgIpc) is 2.22. The Morgan fingerprint density at radius 3 is 2.71 bits per heavy atom. The van der Waals surface area contributed by atoms with Gasteiger partial charge < -0.3 is 10.0 Å². The monoisotopic (exact) mass is 255 g/mol. The highest BCUT2D eigenvalue weighted by molar-refractivity contribution is 6.31. The summed E-state index contributed by atoms with van der Waals surface area (Å²) in [6, 6.07) is 5.92. The molecule has 0 aromatic heterocycles. The van der Waals surface area contributed by atoms with Gasteiger partial charge in [0.1, 0.15) is 0 Å². The maximum absolute atomic E-state index is 10.7. The van der Waals surface area contributed by atoms with Crippen molar-refractivity contribution < 1.29 is 9.90 Å². The number of carboxylic acids is 1. The molecule has 1 atom stereocenters. The second-order valence-corrected chi connectivity index (χ2v) is 4.94. The fraction of sp³-hybridized carbons (Fsp3) is 0.462. The van der Waals surface area contributed by atoms with Crippen LogP contribution in [-0.2, 0) is 11.3 Å². The Bertz CT molecular complexity index is 406. The quantitative estimate of drug-likeness (QED) is 0.880. The lowest BCUT2D eigenvalue weighted by Gasteiger charge is -2.19. The van der Waals surface area contributed by atoms with Crippen LogP contribution in [0.5, 0.6) is 0 Å². The molecule has 0 radical (unpaired) electrons. The van der Waals surface area contributed by atoms with Crippen LogP contribution in [0.15, 0.2) is 18.2 Å². The third kappa shape index (κ3) is 4.36. The maximum atomic E-state index is 10.7. The lowest BCUT2D eigenvalue weighted by atomic mass is 10.1. The van der Waals surface area contributed by atoms with E-state index in [4.69, 9.17) is 16.7 Å². The average molecular weight is 256 g/mol. The van der Waals surface area contributed by atoms with Crippen molar-refractivity contribution in [1.82, 2.24) is 4.90 Å². The number of nitrogens with zero attached hydrogens (tertiary/aromatic N) is 1. The first-order chi connectivity index (χ1) is 7.90. The Hall–Kier alpha value is -1.06. The van der Waals surface area contributed by atoms with Crippen LogP contribution in [0.4, 0.5) is 0 Å². The van der Waals surface area contributed by atoms with Crippen molar-refractivity contribution >= 4 is 17.6 Å². The molecule has 0 aliphatic heterocycles. The topological polar surface area (TPSA) is 40.5 Å². The molecule has 3 nitrogen and oxygen atoms in total. The van der Waals surface area contributed by atoms with Crippen molar-refractivity contribution in [2.24, 2.45) is 5.92 Å². The van der Waals surface area contributed by atoms with E-state index in [2.05, 4.69) is 0 Å². The van der Waals surface area contributed by atoms with Gasteiger partial charge in [0.25, 0.3) is 0 Å². The van der Waals surface area contributed by atoms with E-state index in [1.54, 1.807) is 6.92 Å². The van der Waals surface area contributed by atoms with E-state index < -0.39 is 5.97 Å². The number of aliphatic carboxylic acids is 1. The minimum absolute atomic E-state index is 0.371. The Labute approximate surface area is 107 Å². The third-order valence-electron chi connectivity index (χ3n) is 2.66. The number of carbonyl (C=O) groups is 1. The van der Waals surface area contributed by atoms with Gasteiger partial charge in [-0.3, -0.25) is 4.79 Å². The summed E-state index contributed by atoms with van der Waals surface area (Å²) >= 11 is 6.13. The van der Waals surface area contributed by atoms with Gasteiger partial charge in [0.05, 0.1) is 5.92 Å². The maximum Gasteiger partial charge on any atom is 0.307 e. The Balaban J connectivity index is 2.62. The minimum atomic E-state index is -0.771. The zero-order valence-corrected chi connectivity index (χ0v) is 11.2. The first-order valence-electron chi connectivity index (χ1n) is 5.56. The molecule has 1 aromatic rings. The number of benzene rings is 1. The molecule has 0 saturated carbocycles. The summed E-state index contributed by atoms with van der Waals surface area (Å²) in [7, 11) is 1.90. The largest absolute Gasteiger partial charge is 0.481 e. The molecule has 1 N–H and O–H groups in total. The van der Waals surface area contributed by atoms with E-state index in [1.165, 1.54) is 0 Å². The van der Waals surface area contributed by atoms with Crippen molar-refractivity contribution in [2.45, 2.75) is 20.4 Å². The first-order valence-corrected chi connectivity index (χ1v) is 5.94. The third-order valence-corrected chi connectivity index (χ3v) is 3.01. The molecule has 1 rings (SSSR count). The molecule has 4 heteroatoms. The van der Waals surface area contributed by atoms with Crippen LogP contribution in [0, 0.1) is 12.8 Å². The van der Waals surface area contributed by atoms with E-state index in [0.29, 0.717) is 13.1 Å². The summed E-state index contributed by atoms with van der Waals surface area (Å²) < 4.78 is 0. The molecule has 0 spiro atoms. The van der Waals surface area contributed by atoms with Gasteiger partial charge in [0.2, 0.25) is 0 Å². The fourth-order valence-electron chi connectivity index (χ4n) is 1.68. The van der Waals surface area contributed by atoms with Gasteiger partial charge in [0, 0.05) is 18.1 Å². The zero-order valence-electron chi connectivity index (χ0n) is 10.4. The Morgan fingerprint density at radius 1 is 1.53 bits per heavy atom. The van der Waals surface area contributed by atoms with E-state index >= 15 is 0 Å². The summed E-state index contributed by atoms with van der Waals surface area (Å²) in [4.78, 5) is 12.7. The minimum Gasteiger partial charge on any atom is -0.481 e. The van der Waals surface area contributed by atoms with Crippen molar-refractivity contribution in [3.8, 4) is 0 Å². The van der Waals surface area contributed by atoms with Crippen LogP contribution in [0.25, 0.3) is 0 Å². The lowest BCUT2D eigenvalue weighted by Crippen LogP contribution is -2.28. The molecule has 0 aliphatic rings. The highest BCUT2D eigenvalue weighted by atomic mass is 35.5. The lowest BCUT2D eigenvalue weighted by molar-refractivity contribution is -0.141. The molecular formula is C13H18ClNO2. The molecular weight excluding hydrogens is 238 g/mol. The molecule has 0 saturated heterocycles. The normalized spacial score (nSPS) is 12.8. The summed E-state index contributed by atoms with van der Waals surface area (Å²) in [6.07, 6.45) is 0. The SMILES string of the molecule is Cc1ccc(CN(C)CC(C)C(=O)O)c(Cl)c1. The number of carboxylic acid groups (broad SMARTS) is 1. The predicted octanol–water partition coefficient (Wildman–Crippen LogP) is 2.80. The van der Waals surface area contributed by atoms with Crippen LogP contribution >= 0.6 is 11.6 Å². The number of hydrogen-bond donors (Lipinski definition) is 1. The Morgan fingerprint density at radius 2 is 2.18 bits per heavy atom.